The number of benzene rings is 1. The molecule has 0 saturated carbocycles. The first-order valence-corrected chi connectivity index (χ1v) is 5.88. The molecule has 1 aliphatic rings. The maximum Gasteiger partial charge on any atom is 0.243 e. The number of nitrogens with two attached hydrogens (primary N) is 1. The zero-order valence-corrected chi connectivity index (χ0v) is 10.4. The van der Waals surface area contributed by atoms with Gasteiger partial charge < -0.3 is 16.0 Å². The van der Waals surface area contributed by atoms with Crippen LogP contribution < -0.4 is 16.0 Å². The van der Waals surface area contributed by atoms with Gasteiger partial charge in [-0.05, 0) is 32.4 Å². The lowest BCUT2D eigenvalue weighted by Gasteiger charge is -2.32. The molecule has 17 heavy (non-hydrogen) atoms. The van der Waals surface area contributed by atoms with E-state index in [-0.39, 0.29) is 11.4 Å². The van der Waals surface area contributed by atoms with Crippen LogP contribution in [0.1, 0.15) is 20.3 Å². The van der Waals surface area contributed by atoms with E-state index in [9.17, 15) is 4.79 Å². The maximum atomic E-state index is 11.6. The van der Waals surface area contributed by atoms with Crippen molar-refractivity contribution < 1.29 is 4.79 Å². The summed E-state index contributed by atoms with van der Waals surface area (Å²) in [6.07, 6.45) is 0.856. The van der Waals surface area contributed by atoms with Gasteiger partial charge in [0.05, 0.1) is 17.9 Å². The molecular formula is C13H19N3O. The van der Waals surface area contributed by atoms with Gasteiger partial charge in [0.15, 0.2) is 0 Å². The van der Waals surface area contributed by atoms with Crippen LogP contribution in [-0.4, -0.2) is 24.5 Å². The van der Waals surface area contributed by atoms with E-state index < -0.39 is 0 Å². The van der Waals surface area contributed by atoms with Crippen molar-refractivity contribution in [1.29, 1.82) is 0 Å². The zero-order chi connectivity index (χ0) is 12.5. The topological polar surface area (TPSA) is 58.4 Å². The van der Waals surface area contributed by atoms with Crippen LogP contribution in [0.25, 0.3) is 0 Å². The number of hydrogen-bond acceptors (Lipinski definition) is 3. The Bertz CT molecular complexity index is 423. The number of fused-ring (bicyclic) bond motifs is 1. The van der Waals surface area contributed by atoms with Crippen molar-refractivity contribution in [3.8, 4) is 0 Å². The van der Waals surface area contributed by atoms with Gasteiger partial charge in [0.2, 0.25) is 5.91 Å². The van der Waals surface area contributed by atoms with E-state index in [2.05, 4.69) is 10.2 Å². The fourth-order valence-electron chi connectivity index (χ4n) is 1.93. The molecule has 4 heteroatoms. The second-order valence-electron chi connectivity index (χ2n) is 5.23. The summed E-state index contributed by atoms with van der Waals surface area (Å²) in [5.41, 5.74) is 7.74. The molecule has 0 spiro atoms. The van der Waals surface area contributed by atoms with Crippen molar-refractivity contribution >= 4 is 17.3 Å². The minimum Gasteiger partial charge on any atom is -0.360 e. The molecule has 0 bridgehead atoms. The second-order valence-corrected chi connectivity index (χ2v) is 5.23. The Labute approximate surface area is 102 Å². The van der Waals surface area contributed by atoms with Crippen molar-refractivity contribution in [1.82, 2.24) is 0 Å². The van der Waals surface area contributed by atoms with Crippen LogP contribution >= 0.6 is 0 Å². The standard InChI is InChI=1S/C13H19N3O/c1-13(2,14)7-8-16-9-12(17)15-10-5-3-4-6-11(10)16/h3-6H,7-9,14H2,1-2H3,(H,15,17). The Morgan fingerprint density at radius 2 is 2.12 bits per heavy atom. The molecule has 1 aromatic rings. The normalized spacial score (nSPS) is 15.5. The Kier molecular flexibility index (Phi) is 3.07. The number of carbonyl (C=O) groups is 1. The highest BCUT2D eigenvalue weighted by Gasteiger charge is 2.22. The first-order valence-electron chi connectivity index (χ1n) is 5.88. The zero-order valence-electron chi connectivity index (χ0n) is 10.4. The predicted molar refractivity (Wildman–Crippen MR) is 70.2 cm³/mol. The highest BCUT2D eigenvalue weighted by Crippen LogP contribution is 2.29. The number of rotatable bonds is 3. The summed E-state index contributed by atoms with van der Waals surface area (Å²) >= 11 is 0. The first kappa shape index (κ1) is 11.9. The summed E-state index contributed by atoms with van der Waals surface area (Å²) < 4.78 is 0. The Hall–Kier alpha value is -1.55. The van der Waals surface area contributed by atoms with E-state index in [4.69, 9.17) is 5.73 Å². The number of carbonyl (C=O) groups excluding carboxylic acids is 1. The van der Waals surface area contributed by atoms with Gasteiger partial charge in [-0.1, -0.05) is 12.1 Å². The van der Waals surface area contributed by atoms with E-state index in [0.29, 0.717) is 6.54 Å². The third-order valence-corrected chi connectivity index (χ3v) is 2.88. The molecule has 0 unspecified atom stereocenters. The predicted octanol–water partition coefficient (Wildman–Crippen LogP) is 1.57. The fraction of sp³-hybridized carbons (Fsp3) is 0.462. The summed E-state index contributed by atoms with van der Waals surface area (Å²) in [5, 5.41) is 2.88. The van der Waals surface area contributed by atoms with Crippen molar-refractivity contribution in [3.05, 3.63) is 24.3 Å². The van der Waals surface area contributed by atoms with Crippen LogP contribution in [0, 0.1) is 0 Å². The number of nitrogens with one attached hydrogen (secondary N) is 1. The van der Waals surface area contributed by atoms with Gasteiger partial charge in [-0.3, -0.25) is 4.79 Å². The lowest BCUT2D eigenvalue weighted by atomic mass is 10.0. The minimum atomic E-state index is -0.205. The highest BCUT2D eigenvalue weighted by atomic mass is 16.2. The number of amides is 1. The third kappa shape index (κ3) is 2.97. The lowest BCUT2D eigenvalue weighted by Crippen LogP contribution is -2.42. The van der Waals surface area contributed by atoms with E-state index in [1.165, 1.54) is 0 Å². The van der Waals surface area contributed by atoms with Crippen LogP contribution in [0.2, 0.25) is 0 Å². The monoisotopic (exact) mass is 233 g/mol. The van der Waals surface area contributed by atoms with Crippen molar-refractivity contribution in [3.63, 3.8) is 0 Å². The van der Waals surface area contributed by atoms with Crippen molar-refractivity contribution in [2.75, 3.05) is 23.3 Å². The molecule has 1 heterocycles. The summed E-state index contributed by atoms with van der Waals surface area (Å²) in [5.74, 6) is 0.0403. The van der Waals surface area contributed by atoms with E-state index >= 15 is 0 Å². The van der Waals surface area contributed by atoms with Gasteiger partial charge in [-0.2, -0.15) is 0 Å². The largest absolute Gasteiger partial charge is 0.360 e. The van der Waals surface area contributed by atoms with Crippen molar-refractivity contribution in [2.45, 2.75) is 25.8 Å². The molecule has 1 aromatic carbocycles. The summed E-state index contributed by atoms with van der Waals surface area (Å²) in [6.45, 7) is 5.22. The molecule has 0 aliphatic carbocycles. The summed E-state index contributed by atoms with van der Waals surface area (Å²) in [4.78, 5) is 13.7. The van der Waals surface area contributed by atoms with Gasteiger partial charge in [-0.25, -0.2) is 0 Å². The van der Waals surface area contributed by atoms with Crippen LogP contribution in [0.4, 0.5) is 11.4 Å². The Balaban J connectivity index is 2.15. The van der Waals surface area contributed by atoms with E-state index in [0.717, 1.165) is 24.3 Å². The quantitative estimate of drug-likeness (QED) is 0.833. The van der Waals surface area contributed by atoms with Crippen LogP contribution in [0.5, 0.6) is 0 Å². The Morgan fingerprint density at radius 3 is 2.82 bits per heavy atom. The lowest BCUT2D eigenvalue weighted by molar-refractivity contribution is -0.115. The maximum absolute atomic E-state index is 11.6. The number of nitrogens with zero attached hydrogens (tertiary/aromatic N) is 1. The molecule has 0 aromatic heterocycles. The number of hydrogen-bond donors (Lipinski definition) is 2. The first-order chi connectivity index (χ1) is 7.96. The summed E-state index contributed by atoms with van der Waals surface area (Å²) in [7, 11) is 0. The van der Waals surface area contributed by atoms with Crippen LogP contribution in [0.15, 0.2) is 24.3 Å². The van der Waals surface area contributed by atoms with Gasteiger partial charge in [0.1, 0.15) is 0 Å². The average molecular weight is 233 g/mol. The van der Waals surface area contributed by atoms with Crippen LogP contribution in [0.3, 0.4) is 0 Å². The molecule has 4 nitrogen and oxygen atoms in total. The minimum absolute atomic E-state index is 0.0403. The molecule has 0 saturated heterocycles. The van der Waals surface area contributed by atoms with Gasteiger partial charge in [-0.15, -0.1) is 0 Å². The second kappa shape index (κ2) is 4.37. The molecule has 1 aliphatic heterocycles. The molecule has 2 rings (SSSR count). The van der Waals surface area contributed by atoms with Crippen LogP contribution in [-0.2, 0) is 4.79 Å². The molecule has 3 N–H and O–H groups in total. The molecular weight excluding hydrogens is 214 g/mol. The number of anilines is 2. The average Bonchev–Trinajstić information content (AvgIpc) is 2.24. The third-order valence-electron chi connectivity index (χ3n) is 2.88. The smallest absolute Gasteiger partial charge is 0.243 e. The van der Waals surface area contributed by atoms with Gasteiger partial charge in [0, 0.05) is 12.1 Å². The molecule has 0 atom stereocenters. The number of para-hydroxylation sites is 2. The van der Waals surface area contributed by atoms with Crippen molar-refractivity contribution in [2.24, 2.45) is 5.73 Å². The molecule has 92 valence electrons. The molecule has 1 amide bonds. The Morgan fingerprint density at radius 1 is 1.41 bits per heavy atom. The summed E-state index contributed by atoms with van der Waals surface area (Å²) in [6, 6.07) is 7.86. The van der Waals surface area contributed by atoms with E-state index in [1.54, 1.807) is 0 Å². The van der Waals surface area contributed by atoms with Gasteiger partial charge in [0.25, 0.3) is 0 Å². The molecule has 0 fully saturated rings. The van der Waals surface area contributed by atoms with Gasteiger partial charge >= 0.3 is 0 Å². The van der Waals surface area contributed by atoms with E-state index in [1.807, 2.05) is 38.1 Å². The molecule has 0 radical (unpaired) electrons. The highest BCUT2D eigenvalue weighted by molar-refractivity contribution is 6.01. The SMILES string of the molecule is CC(C)(N)CCN1CC(=O)Nc2ccccc21. The fourth-order valence-corrected chi connectivity index (χ4v) is 1.93.